The first-order valence-corrected chi connectivity index (χ1v) is 11.7. The second-order valence-electron chi connectivity index (χ2n) is 8.67. The van der Waals surface area contributed by atoms with Gasteiger partial charge in [-0.25, -0.2) is 19.6 Å². The molecule has 3 aromatic rings. The summed E-state index contributed by atoms with van der Waals surface area (Å²) in [7, 11) is 2.71. The molecule has 34 heavy (non-hydrogen) atoms. The van der Waals surface area contributed by atoms with E-state index in [0.717, 1.165) is 16.3 Å². The second-order valence-corrected chi connectivity index (χ2v) is 10.00. The Morgan fingerprint density at radius 1 is 1.12 bits per heavy atom. The molecule has 1 N–H and O–H groups in total. The number of Topliss-reactive ketones (excluding diaryl/α,β-unsaturated/α-hetero) is 1. The fourth-order valence-corrected chi connectivity index (χ4v) is 4.93. The highest BCUT2D eigenvalue weighted by Gasteiger charge is 2.28. The third-order valence-electron chi connectivity index (χ3n) is 5.54. The van der Waals surface area contributed by atoms with Crippen LogP contribution in [0.3, 0.4) is 0 Å². The van der Waals surface area contributed by atoms with E-state index in [1.807, 2.05) is 13.8 Å². The normalized spacial score (nSPS) is 12.4. The number of ketones is 1. The van der Waals surface area contributed by atoms with Crippen LogP contribution in [0.1, 0.15) is 58.7 Å². The maximum atomic E-state index is 13.3. The number of aryl methyl sites for hydroxylation is 2. The van der Waals surface area contributed by atoms with Crippen LogP contribution in [-0.4, -0.2) is 48.2 Å². The molecule has 3 heterocycles. The average molecular weight is 488 g/mol. The number of hydrogen-bond acceptors (Lipinski definition) is 8. The lowest BCUT2D eigenvalue weighted by Gasteiger charge is -2.16. The van der Waals surface area contributed by atoms with Crippen molar-refractivity contribution >= 4 is 34.5 Å². The van der Waals surface area contributed by atoms with Crippen molar-refractivity contribution in [3.8, 4) is 0 Å². The average Bonchev–Trinajstić information content (AvgIpc) is 3.07. The van der Waals surface area contributed by atoms with E-state index in [2.05, 4.69) is 15.0 Å². The largest absolute Gasteiger partial charge is 0.465 e. The number of methoxy groups -OCH3 is 1. The van der Waals surface area contributed by atoms with Gasteiger partial charge in [-0.3, -0.25) is 18.7 Å². The molecule has 182 valence electrons. The third-order valence-corrected chi connectivity index (χ3v) is 6.63. The molecule has 10 nitrogen and oxygen atoms in total. The molecule has 0 spiro atoms. The van der Waals surface area contributed by atoms with Crippen LogP contribution in [0, 0.1) is 26.7 Å². The molecule has 0 aromatic carbocycles. The zero-order valence-corrected chi connectivity index (χ0v) is 21.4. The van der Waals surface area contributed by atoms with Crippen molar-refractivity contribution < 1.29 is 14.3 Å². The van der Waals surface area contributed by atoms with Gasteiger partial charge in [0.1, 0.15) is 16.2 Å². The first-order chi connectivity index (χ1) is 15.9. The SMILES string of the molecule is COC(=O)c1c(C)[nH]c(C(=O)C(C)Sc2nc(C)nc3c2c(=O)n(C)c(=O)n3CC(C)C)c1C. The fraction of sp³-hybridized carbons (Fsp3) is 0.478. The van der Waals surface area contributed by atoms with Crippen LogP contribution in [0.2, 0.25) is 0 Å². The lowest BCUT2D eigenvalue weighted by molar-refractivity contribution is 0.0599. The zero-order chi connectivity index (χ0) is 25.5. The van der Waals surface area contributed by atoms with E-state index < -0.39 is 22.5 Å². The number of hydrogen-bond donors (Lipinski definition) is 1. The molecule has 1 unspecified atom stereocenters. The van der Waals surface area contributed by atoms with Gasteiger partial charge in [-0.15, -0.1) is 0 Å². The molecule has 1 atom stereocenters. The monoisotopic (exact) mass is 487 g/mol. The quantitative estimate of drug-likeness (QED) is 0.233. The number of fused-ring (bicyclic) bond motifs is 1. The maximum Gasteiger partial charge on any atom is 0.339 e. The molecule has 3 aromatic heterocycles. The van der Waals surface area contributed by atoms with Crippen LogP contribution in [0.4, 0.5) is 0 Å². The van der Waals surface area contributed by atoms with E-state index in [4.69, 9.17) is 4.74 Å². The van der Waals surface area contributed by atoms with Crippen LogP contribution in [-0.2, 0) is 18.3 Å². The first kappa shape index (κ1) is 25.4. The predicted molar refractivity (Wildman–Crippen MR) is 130 cm³/mol. The molecule has 0 saturated heterocycles. The molecule has 0 radical (unpaired) electrons. The number of rotatable bonds is 7. The van der Waals surface area contributed by atoms with Crippen molar-refractivity contribution in [1.82, 2.24) is 24.1 Å². The van der Waals surface area contributed by atoms with Gasteiger partial charge >= 0.3 is 11.7 Å². The summed E-state index contributed by atoms with van der Waals surface area (Å²) in [6.45, 7) is 11.1. The fourth-order valence-electron chi connectivity index (χ4n) is 3.89. The molecule has 0 amide bonds. The van der Waals surface area contributed by atoms with Crippen LogP contribution in [0.25, 0.3) is 11.0 Å². The molecule has 0 bridgehead atoms. The van der Waals surface area contributed by atoms with E-state index in [9.17, 15) is 19.2 Å². The summed E-state index contributed by atoms with van der Waals surface area (Å²) >= 11 is 1.12. The molecule has 0 aliphatic rings. The van der Waals surface area contributed by atoms with Gasteiger partial charge in [0.25, 0.3) is 5.56 Å². The lowest BCUT2D eigenvalue weighted by atomic mass is 10.1. The number of nitrogens with zero attached hydrogens (tertiary/aromatic N) is 4. The van der Waals surface area contributed by atoms with Gasteiger partial charge in [-0.05, 0) is 39.2 Å². The van der Waals surface area contributed by atoms with Gasteiger partial charge in [0.05, 0.1) is 23.6 Å². The second kappa shape index (κ2) is 9.57. The van der Waals surface area contributed by atoms with Gasteiger partial charge in [-0.2, -0.15) is 0 Å². The van der Waals surface area contributed by atoms with Crippen LogP contribution >= 0.6 is 11.8 Å². The number of aromatic nitrogens is 5. The summed E-state index contributed by atoms with van der Waals surface area (Å²) in [6.07, 6.45) is 0. The van der Waals surface area contributed by atoms with Crippen LogP contribution in [0.5, 0.6) is 0 Å². The number of nitrogens with one attached hydrogen (secondary N) is 1. The Bertz CT molecular complexity index is 1420. The number of ether oxygens (including phenoxy) is 1. The topological polar surface area (TPSA) is 129 Å². The van der Waals surface area contributed by atoms with Gasteiger partial charge in [-0.1, -0.05) is 25.6 Å². The molecule has 0 aliphatic heterocycles. The molecular formula is C23H29N5O5S. The molecule has 0 saturated carbocycles. The smallest absolute Gasteiger partial charge is 0.339 e. The highest BCUT2D eigenvalue weighted by atomic mass is 32.2. The Hall–Kier alpha value is -3.21. The summed E-state index contributed by atoms with van der Waals surface area (Å²) < 4.78 is 7.35. The van der Waals surface area contributed by atoms with Crippen molar-refractivity contribution in [3.05, 3.63) is 49.2 Å². The summed E-state index contributed by atoms with van der Waals surface area (Å²) in [5.41, 5.74) is 0.984. The number of carbonyl (C=O) groups is 2. The van der Waals surface area contributed by atoms with Crippen LogP contribution in [0.15, 0.2) is 14.6 Å². The Kier molecular flexibility index (Phi) is 7.15. The van der Waals surface area contributed by atoms with Gasteiger partial charge in [0, 0.05) is 19.3 Å². The lowest BCUT2D eigenvalue weighted by Crippen LogP contribution is -2.39. The van der Waals surface area contributed by atoms with Crippen molar-refractivity contribution in [1.29, 1.82) is 0 Å². The van der Waals surface area contributed by atoms with E-state index in [-0.39, 0.29) is 22.7 Å². The van der Waals surface area contributed by atoms with Gasteiger partial charge in [0.15, 0.2) is 11.4 Å². The molecular weight excluding hydrogens is 458 g/mol. The summed E-state index contributed by atoms with van der Waals surface area (Å²) in [5, 5.41) is -0.113. The highest BCUT2D eigenvalue weighted by molar-refractivity contribution is 8.00. The van der Waals surface area contributed by atoms with Crippen molar-refractivity contribution in [2.45, 2.75) is 58.4 Å². The molecule has 3 rings (SSSR count). The molecule has 11 heteroatoms. The minimum absolute atomic E-state index is 0.147. The minimum Gasteiger partial charge on any atom is -0.465 e. The summed E-state index contributed by atoms with van der Waals surface area (Å²) in [4.78, 5) is 63.1. The number of thioether (sulfide) groups is 1. The number of esters is 1. The van der Waals surface area contributed by atoms with E-state index in [0.29, 0.717) is 39.9 Å². The van der Waals surface area contributed by atoms with E-state index in [1.54, 1.807) is 27.7 Å². The molecule has 0 fully saturated rings. The van der Waals surface area contributed by atoms with Crippen LogP contribution < -0.4 is 11.2 Å². The van der Waals surface area contributed by atoms with Crippen molar-refractivity contribution in [2.24, 2.45) is 13.0 Å². The number of carbonyl (C=O) groups excluding carboxylic acids is 2. The Morgan fingerprint density at radius 3 is 2.35 bits per heavy atom. The number of H-pyrrole nitrogens is 1. The van der Waals surface area contributed by atoms with Gasteiger partial charge in [0.2, 0.25) is 0 Å². The predicted octanol–water partition coefficient (Wildman–Crippen LogP) is 2.55. The van der Waals surface area contributed by atoms with Crippen molar-refractivity contribution in [2.75, 3.05) is 7.11 Å². The highest BCUT2D eigenvalue weighted by Crippen LogP contribution is 2.30. The summed E-state index contributed by atoms with van der Waals surface area (Å²) in [6, 6.07) is 0. The zero-order valence-electron chi connectivity index (χ0n) is 20.6. The standard InChI is InChI=1S/C23H29N5O5S/c1-10(2)9-28-19-16(21(30)27(7)23(28)32)20(26-14(6)25-19)34-13(5)18(29)17-11(3)15(12(4)24-17)22(31)33-8/h10,13,24H,9H2,1-8H3. The Labute approximate surface area is 200 Å². The first-order valence-electron chi connectivity index (χ1n) is 10.8. The summed E-state index contributed by atoms with van der Waals surface area (Å²) in [5.74, 6) is -0.236. The minimum atomic E-state index is -0.644. The molecule has 0 aliphatic carbocycles. The van der Waals surface area contributed by atoms with E-state index in [1.165, 1.54) is 18.7 Å². The van der Waals surface area contributed by atoms with Gasteiger partial charge < -0.3 is 9.72 Å². The Balaban J connectivity index is 2.12. The Morgan fingerprint density at radius 2 is 1.76 bits per heavy atom. The number of aromatic amines is 1. The maximum absolute atomic E-state index is 13.3. The third kappa shape index (κ3) is 4.44. The van der Waals surface area contributed by atoms with Crippen molar-refractivity contribution in [3.63, 3.8) is 0 Å². The van der Waals surface area contributed by atoms with E-state index >= 15 is 0 Å².